The molecule has 0 aromatic heterocycles. The van der Waals surface area contributed by atoms with Crippen molar-refractivity contribution < 1.29 is 9.13 Å². The van der Waals surface area contributed by atoms with E-state index in [2.05, 4.69) is 4.99 Å². The highest BCUT2D eigenvalue weighted by atomic mass is 19.1. The molecular weight excluding hydrogens is 195 g/mol. The fourth-order valence-corrected chi connectivity index (χ4v) is 1.70. The van der Waals surface area contributed by atoms with Crippen molar-refractivity contribution in [2.24, 2.45) is 10.7 Å². The van der Waals surface area contributed by atoms with Crippen molar-refractivity contribution in [2.75, 3.05) is 13.2 Å². The van der Waals surface area contributed by atoms with Crippen molar-refractivity contribution in [1.82, 2.24) is 0 Å². The van der Waals surface area contributed by atoms with Gasteiger partial charge in [0.15, 0.2) is 0 Å². The molecule has 0 radical (unpaired) electrons. The number of halogens is 1. The second-order valence-corrected chi connectivity index (χ2v) is 3.56. The molecule has 1 aliphatic rings. The van der Waals surface area contributed by atoms with Gasteiger partial charge in [-0.3, -0.25) is 4.99 Å². The largest absolute Gasteiger partial charge is 0.385 e. The Morgan fingerprint density at radius 1 is 1.53 bits per heavy atom. The SMILES string of the molecule is Cc1cc(F)ccc1C1OCCN=C1N. The molecule has 80 valence electrons. The first-order valence-electron chi connectivity index (χ1n) is 4.86. The number of hydrogen-bond acceptors (Lipinski definition) is 3. The van der Waals surface area contributed by atoms with Gasteiger partial charge in [0.2, 0.25) is 0 Å². The predicted molar refractivity (Wildman–Crippen MR) is 56.3 cm³/mol. The van der Waals surface area contributed by atoms with Gasteiger partial charge in [0, 0.05) is 0 Å². The summed E-state index contributed by atoms with van der Waals surface area (Å²) in [5.41, 5.74) is 7.47. The maximum Gasteiger partial charge on any atom is 0.139 e. The molecule has 2 N–H and O–H groups in total. The highest BCUT2D eigenvalue weighted by Crippen LogP contribution is 2.23. The van der Waals surface area contributed by atoms with Crippen LogP contribution in [-0.4, -0.2) is 19.0 Å². The Hall–Kier alpha value is -1.42. The molecule has 1 aromatic rings. The average Bonchev–Trinajstić information content (AvgIpc) is 2.20. The molecule has 0 saturated carbocycles. The lowest BCUT2D eigenvalue weighted by Gasteiger charge is -2.22. The Morgan fingerprint density at radius 3 is 3.00 bits per heavy atom. The number of amidine groups is 1. The Morgan fingerprint density at radius 2 is 2.33 bits per heavy atom. The van der Waals surface area contributed by atoms with Gasteiger partial charge in [-0.1, -0.05) is 6.07 Å². The first-order chi connectivity index (χ1) is 7.18. The predicted octanol–water partition coefficient (Wildman–Crippen LogP) is 1.56. The van der Waals surface area contributed by atoms with Crippen LogP contribution in [0.15, 0.2) is 23.2 Å². The molecule has 4 heteroatoms. The van der Waals surface area contributed by atoms with E-state index >= 15 is 0 Å². The Kier molecular flexibility index (Phi) is 2.68. The minimum atomic E-state index is -0.320. The van der Waals surface area contributed by atoms with Crippen molar-refractivity contribution in [3.63, 3.8) is 0 Å². The second-order valence-electron chi connectivity index (χ2n) is 3.56. The summed E-state index contributed by atoms with van der Waals surface area (Å²) < 4.78 is 18.4. The topological polar surface area (TPSA) is 47.6 Å². The first kappa shape index (κ1) is 10.1. The Labute approximate surface area is 87.8 Å². The van der Waals surface area contributed by atoms with E-state index in [-0.39, 0.29) is 11.9 Å². The summed E-state index contributed by atoms with van der Waals surface area (Å²) >= 11 is 0. The lowest BCUT2D eigenvalue weighted by atomic mass is 10.0. The van der Waals surface area contributed by atoms with E-state index in [1.165, 1.54) is 12.1 Å². The third kappa shape index (κ3) is 1.99. The molecule has 1 aromatic carbocycles. The van der Waals surface area contributed by atoms with Gasteiger partial charge in [-0.05, 0) is 30.2 Å². The highest BCUT2D eigenvalue weighted by molar-refractivity contribution is 5.86. The maximum absolute atomic E-state index is 12.9. The molecule has 1 heterocycles. The van der Waals surface area contributed by atoms with E-state index in [1.54, 1.807) is 6.07 Å². The lowest BCUT2D eigenvalue weighted by Crippen LogP contribution is -2.30. The van der Waals surface area contributed by atoms with Crippen LogP contribution in [0, 0.1) is 12.7 Å². The fraction of sp³-hybridized carbons (Fsp3) is 0.364. The van der Waals surface area contributed by atoms with Gasteiger partial charge in [-0.15, -0.1) is 0 Å². The molecule has 1 aliphatic heterocycles. The van der Waals surface area contributed by atoms with Crippen LogP contribution in [0.5, 0.6) is 0 Å². The molecule has 1 unspecified atom stereocenters. The molecular formula is C11H13FN2O. The van der Waals surface area contributed by atoms with Gasteiger partial charge in [-0.25, -0.2) is 4.39 Å². The molecule has 0 aliphatic carbocycles. The fourth-order valence-electron chi connectivity index (χ4n) is 1.70. The highest BCUT2D eigenvalue weighted by Gasteiger charge is 2.21. The summed E-state index contributed by atoms with van der Waals surface area (Å²) in [6.07, 6.45) is -0.320. The molecule has 0 fully saturated rings. The van der Waals surface area contributed by atoms with Gasteiger partial charge in [0.1, 0.15) is 17.8 Å². The minimum absolute atomic E-state index is 0.248. The van der Waals surface area contributed by atoms with Gasteiger partial charge in [0.05, 0.1) is 13.2 Å². The lowest BCUT2D eigenvalue weighted by molar-refractivity contribution is 0.0940. The summed E-state index contributed by atoms with van der Waals surface area (Å²) in [6.45, 7) is 2.99. The van der Waals surface area contributed by atoms with Crippen LogP contribution in [0.2, 0.25) is 0 Å². The number of aryl methyl sites for hydroxylation is 1. The molecule has 0 amide bonds. The van der Waals surface area contributed by atoms with E-state index in [9.17, 15) is 4.39 Å². The molecule has 15 heavy (non-hydrogen) atoms. The van der Waals surface area contributed by atoms with Crippen LogP contribution in [0.4, 0.5) is 4.39 Å². The van der Waals surface area contributed by atoms with E-state index < -0.39 is 0 Å². The van der Waals surface area contributed by atoms with Crippen LogP contribution in [-0.2, 0) is 4.74 Å². The molecule has 2 rings (SSSR count). The number of nitrogens with two attached hydrogens (primary N) is 1. The van der Waals surface area contributed by atoms with Crippen molar-refractivity contribution >= 4 is 5.84 Å². The Bertz CT molecular complexity index is 404. The zero-order valence-corrected chi connectivity index (χ0v) is 8.53. The quantitative estimate of drug-likeness (QED) is 0.761. The summed E-state index contributed by atoms with van der Waals surface area (Å²) in [4.78, 5) is 4.13. The average molecular weight is 208 g/mol. The van der Waals surface area contributed by atoms with Crippen LogP contribution >= 0.6 is 0 Å². The number of nitrogens with zero attached hydrogens (tertiary/aromatic N) is 1. The zero-order valence-electron chi connectivity index (χ0n) is 8.53. The van der Waals surface area contributed by atoms with E-state index in [0.29, 0.717) is 19.0 Å². The van der Waals surface area contributed by atoms with Crippen LogP contribution in [0.1, 0.15) is 17.2 Å². The van der Waals surface area contributed by atoms with Crippen molar-refractivity contribution in [3.8, 4) is 0 Å². The third-order valence-electron chi connectivity index (χ3n) is 2.45. The van der Waals surface area contributed by atoms with Crippen molar-refractivity contribution in [3.05, 3.63) is 35.1 Å². The molecule has 0 spiro atoms. The number of rotatable bonds is 1. The smallest absolute Gasteiger partial charge is 0.139 e. The Balaban J connectivity index is 2.36. The van der Waals surface area contributed by atoms with Crippen LogP contribution < -0.4 is 5.73 Å². The second kappa shape index (κ2) is 3.98. The molecule has 3 nitrogen and oxygen atoms in total. The van der Waals surface area contributed by atoms with Gasteiger partial charge < -0.3 is 10.5 Å². The van der Waals surface area contributed by atoms with E-state index in [0.717, 1.165) is 11.1 Å². The van der Waals surface area contributed by atoms with Crippen LogP contribution in [0.25, 0.3) is 0 Å². The molecule has 1 atom stereocenters. The zero-order chi connectivity index (χ0) is 10.8. The normalized spacial score (nSPS) is 21.2. The molecule has 0 bridgehead atoms. The van der Waals surface area contributed by atoms with Crippen LogP contribution in [0.3, 0.4) is 0 Å². The maximum atomic E-state index is 12.9. The summed E-state index contributed by atoms with van der Waals surface area (Å²) in [7, 11) is 0. The van der Waals surface area contributed by atoms with Crippen molar-refractivity contribution in [1.29, 1.82) is 0 Å². The summed E-state index contributed by atoms with van der Waals surface area (Å²) in [5.74, 6) is 0.221. The number of hydrogen-bond donors (Lipinski definition) is 1. The first-order valence-corrected chi connectivity index (χ1v) is 4.86. The van der Waals surface area contributed by atoms with Gasteiger partial charge >= 0.3 is 0 Å². The van der Waals surface area contributed by atoms with Crippen molar-refractivity contribution in [2.45, 2.75) is 13.0 Å². The van der Waals surface area contributed by atoms with Gasteiger partial charge in [0.25, 0.3) is 0 Å². The monoisotopic (exact) mass is 208 g/mol. The van der Waals surface area contributed by atoms with Gasteiger partial charge in [-0.2, -0.15) is 0 Å². The molecule has 0 saturated heterocycles. The van der Waals surface area contributed by atoms with E-state index in [1.807, 2.05) is 6.92 Å². The summed E-state index contributed by atoms with van der Waals surface area (Å²) in [5, 5.41) is 0. The number of ether oxygens (including phenoxy) is 1. The van der Waals surface area contributed by atoms with E-state index in [4.69, 9.17) is 10.5 Å². The number of benzene rings is 1. The summed E-state index contributed by atoms with van der Waals surface area (Å²) in [6, 6.07) is 4.58. The number of aliphatic imine (C=N–C) groups is 1. The third-order valence-corrected chi connectivity index (χ3v) is 2.45. The standard InChI is InChI=1S/C11H13FN2O/c1-7-6-8(12)2-3-9(7)10-11(13)14-4-5-15-10/h2-3,6,10H,4-5H2,1H3,(H2,13,14). The minimum Gasteiger partial charge on any atom is -0.385 e.